The standard InChI is InChI=1S/C39H30ClN3O3/c1-39(36(28-18-22-30(40)23-19-28)42-46-38(39)29-14-8-4-9-15-29)37(44)33-34(26-20-24-32(45-2)25-21-26)41-43(31-16-10-5-11-17-31)35(33)27-12-6-3-7-13-27/h3-25,38H,1-2H3. The van der Waals surface area contributed by atoms with Crippen molar-refractivity contribution in [2.75, 3.05) is 7.11 Å². The highest BCUT2D eigenvalue weighted by Crippen LogP contribution is 2.50. The van der Waals surface area contributed by atoms with Gasteiger partial charge < -0.3 is 9.57 Å². The molecule has 7 heteroatoms. The van der Waals surface area contributed by atoms with Gasteiger partial charge in [0.15, 0.2) is 11.9 Å². The Morgan fingerprint density at radius 2 is 1.35 bits per heavy atom. The van der Waals surface area contributed by atoms with Crippen LogP contribution >= 0.6 is 11.6 Å². The molecule has 0 radical (unpaired) electrons. The lowest BCUT2D eigenvalue weighted by molar-refractivity contribution is 0.0280. The van der Waals surface area contributed by atoms with Crippen LogP contribution in [0.2, 0.25) is 5.02 Å². The summed E-state index contributed by atoms with van der Waals surface area (Å²) in [6.07, 6.45) is -0.695. The summed E-state index contributed by atoms with van der Waals surface area (Å²) in [7, 11) is 1.63. The lowest BCUT2D eigenvalue weighted by Gasteiger charge is -2.30. The number of hydrogen-bond donors (Lipinski definition) is 0. The van der Waals surface area contributed by atoms with Gasteiger partial charge in [-0.1, -0.05) is 108 Å². The summed E-state index contributed by atoms with van der Waals surface area (Å²) >= 11 is 6.27. The molecule has 2 unspecified atom stereocenters. The normalized spacial score (nSPS) is 17.3. The molecule has 0 bridgehead atoms. The second-order valence-corrected chi connectivity index (χ2v) is 11.7. The molecule has 7 rings (SSSR count). The van der Waals surface area contributed by atoms with Crippen molar-refractivity contribution in [3.8, 4) is 34.0 Å². The lowest BCUT2D eigenvalue weighted by Crippen LogP contribution is -2.40. The number of aromatic nitrogens is 2. The van der Waals surface area contributed by atoms with Gasteiger partial charge in [0.25, 0.3) is 0 Å². The molecule has 0 fully saturated rings. The number of ether oxygens (including phenoxy) is 1. The molecule has 0 saturated heterocycles. The first-order valence-corrected chi connectivity index (χ1v) is 15.3. The maximum atomic E-state index is 15.7. The van der Waals surface area contributed by atoms with Crippen molar-refractivity contribution in [3.05, 3.63) is 161 Å². The average Bonchev–Trinajstić information content (AvgIpc) is 3.69. The van der Waals surface area contributed by atoms with E-state index >= 15 is 4.79 Å². The second-order valence-electron chi connectivity index (χ2n) is 11.3. The molecule has 0 N–H and O–H groups in total. The maximum Gasteiger partial charge on any atom is 0.183 e. The highest BCUT2D eigenvalue weighted by Gasteiger charge is 2.55. The maximum absolute atomic E-state index is 15.7. The summed E-state index contributed by atoms with van der Waals surface area (Å²) in [6, 6.07) is 44.5. The molecule has 2 heterocycles. The number of para-hydroxylation sites is 1. The second kappa shape index (κ2) is 12.1. The van der Waals surface area contributed by atoms with Crippen LogP contribution in [0.4, 0.5) is 0 Å². The van der Waals surface area contributed by atoms with Crippen LogP contribution in [-0.2, 0) is 4.84 Å². The molecule has 0 saturated carbocycles. The van der Waals surface area contributed by atoms with Crippen molar-refractivity contribution < 1.29 is 14.4 Å². The number of benzene rings is 5. The number of ketones is 1. The van der Waals surface area contributed by atoms with E-state index in [1.165, 1.54) is 0 Å². The van der Waals surface area contributed by atoms with Gasteiger partial charge in [0.05, 0.1) is 24.1 Å². The van der Waals surface area contributed by atoms with E-state index in [4.69, 9.17) is 26.3 Å². The lowest BCUT2D eigenvalue weighted by atomic mass is 9.69. The molecule has 0 amide bonds. The molecule has 6 nitrogen and oxygen atoms in total. The zero-order chi connectivity index (χ0) is 31.7. The average molecular weight is 624 g/mol. The van der Waals surface area contributed by atoms with Crippen LogP contribution in [0.3, 0.4) is 0 Å². The molecule has 0 spiro atoms. The van der Waals surface area contributed by atoms with Gasteiger partial charge in [0, 0.05) is 21.7 Å². The fourth-order valence-corrected chi connectivity index (χ4v) is 6.23. The molecule has 6 aromatic rings. The van der Waals surface area contributed by atoms with E-state index < -0.39 is 11.5 Å². The monoisotopic (exact) mass is 623 g/mol. The Balaban J connectivity index is 1.52. The highest BCUT2D eigenvalue weighted by molar-refractivity contribution is 6.31. The Morgan fingerprint density at radius 3 is 1.98 bits per heavy atom. The van der Waals surface area contributed by atoms with Crippen LogP contribution < -0.4 is 4.74 Å². The van der Waals surface area contributed by atoms with Crippen LogP contribution in [0.1, 0.15) is 34.5 Å². The Kier molecular flexibility index (Phi) is 7.73. The number of halogens is 1. The molecule has 226 valence electrons. The third kappa shape index (κ3) is 5.07. The molecule has 1 aliphatic heterocycles. The topological polar surface area (TPSA) is 65.7 Å². The number of methoxy groups -OCH3 is 1. The predicted molar refractivity (Wildman–Crippen MR) is 182 cm³/mol. The van der Waals surface area contributed by atoms with E-state index in [2.05, 4.69) is 5.16 Å². The molecule has 5 aromatic carbocycles. The zero-order valence-electron chi connectivity index (χ0n) is 25.3. The van der Waals surface area contributed by atoms with Gasteiger partial charge in [0.1, 0.15) is 22.6 Å². The van der Waals surface area contributed by atoms with Crippen molar-refractivity contribution in [3.63, 3.8) is 0 Å². The summed E-state index contributed by atoms with van der Waals surface area (Å²) < 4.78 is 7.31. The smallest absolute Gasteiger partial charge is 0.183 e. The van der Waals surface area contributed by atoms with E-state index in [0.29, 0.717) is 33.4 Å². The molecular weight excluding hydrogens is 594 g/mol. The molecular formula is C39H30ClN3O3. The minimum Gasteiger partial charge on any atom is -0.497 e. The van der Waals surface area contributed by atoms with Crippen LogP contribution in [-0.4, -0.2) is 28.4 Å². The summed E-state index contributed by atoms with van der Waals surface area (Å²) in [4.78, 5) is 21.9. The Labute approximate surface area is 272 Å². The molecule has 1 aromatic heterocycles. The number of carbonyl (C=O) groups is 1. The third-order valence-electron chi connectivity index (χ3n) is 8.48. The first kappa shape index (κ1) is 29.3. The van der Waals surface area contributed by atoms with Gasteiger partial charge in [-0.15, -0.1) is 0 Å². The molecule has 0 aliphatic carbocycles. The van der Waals surface area contributed by atoms with Crippen LogP contribution in [0.25, 0.3) is 28.2 Å². The number of nitrogens with zero attached hydrogens (tertiary/aromatic N) is 3. The first-order valence-electron chi connectivity index (χ1n) is 15.0. The number of rotatable bonds is 8. The molecule has 1 aliphatic rings. The predicted octanol–water partition coefficient (Wildman–Crippen LogP) is 9.23. The fraction of sp³-hybridized carbons (Fsp3) is 0.103. The highest BCUT2D eigenvalue weighted by atomic mass is 35.5. The van der Waals surface area contributed by atoms with Gasteiger partial charge in [-0.05, 0) is 61.0 Å². The summed E-state index contributed by atoms with van der Waals surface area (Å²) in [5.74, 6) is 0.541. The Morgan fingerprint density at radius 1 is 0.761 bits per heavy atom. The fourth-order valence-electron chi connectivity index (χ4n) is 6.10. The SMILES string of the molecule is COc1ccc(-c2nn(-c3ccccc3)c(-c3ccccc3)c2C(=O)C2(C)C(c3ccc(Cl)cc3)=NOC2c2ccccc2)cc1. The number of hydrogen-bond acceptors (Lipinski definition) is 5. The van der Waals surface area contributed by atoms with Gasteiger partial charge in [-0.3, -0.25) is 4.79 Å². The van der Waals surface area contributed by atoms with E-state index in [1.54, 1.807) is 19.2 Å². The minimum absolute atomic E-state index is 0.167. The van der Waals surface area contributed by atoms with Crippen LogP contribution in [0.15, 0.2) is 145 Å². The van der Waals surface area contributed by atoms with E-state index in [0.717, 1.165) is 27.9 Å². The summed E-state index contributed by atoms with van der Waals surface area (Å²) in [6.45, 7) is 1.92. The van der Waals surface area contributed by atoms with Crippen LogP contribution in [0, 0.1) is 5.41 Å². The summed E-state index contributed by atoms with van der Waals surface area (Å²) in [5, 5.41) is 10.4. The van der Waals surface area contributed by atoms with Crippen molar-refractivity contribution in [1.29, 1.82) is 0 Å². The van der Waals surface area contributed by atoms with Gasteiger partial charge in [0.2, 0.25) is 0 Å². The summed E-state index contributed by atoms with van der Waals surface area (Å²) in [5.41, 5.74) is 5.02. The molecule has 2 atom stereocenters. The van der Waals surface area contributed by atoms with E-state index in [-0.39, 0.29) is 5.78 Å². The van der Waals surface area contributed by atoms with Gasteiger partial charge in [-0.2, -0.15) is 5.10 Å². The Hall–Kier alpha value is -5.46. The van der Waals surface area contributed by atoms with Gasteiger partial charge in [-0.25, -0.2) is 4.68 Å². The van der Waals surface area contributed by atoms with Gasteiger partial charge >= 0.3 is 0 Å². The Bertz CT molecular complexity index is 2020. The number of carbonyl (C=O) groups excluding carboxylic acids is 1. The number of oxime groups is 1. The number of Topliss-reactive ketones (excluding diaryl/α,β-unsaturated/α-hetero) is 1. The van der Waals surface area contributed by atoms with E-state index in [1.807, 2.05) is 139 Å². The quantitative estimate of drug-likeness (QED) is 0.159. The van der Waals surface area contributed by atoms with E-state index in [9.17, 15) is 0 Å². The van der Waals surface area contributed by atoms with Crippen molar-refractivity contribution in [2.24, 2.45) is 10.6 Å². The minimum atomic E-state index is -1.25. The van der Waals surface area contributed by atoms with Crippen molar-refractivity contribution in [1.82, 2.24) is 9.78 Å². The van der Waals surface area contributed by atoms with Crippen molar-refractivity contribution in [2.45, 2.75) is 13.0 Å². The third-order valence-corrected chi connectivity index (χ3v) is 8.73. The van der Waals surface area contributed by atoms with Crippen molar-refractivity contribution >= 4 is 23.1 Å². The van der Waals surface area contributed by atoms with Crippen LogP contribution in [0.5, 0.6) is 5.75 Å². The molecule has 46 heavy (non-hydrogen) atoms. The zero-order valence-corrected chi connectivity index (χ0v) is 26.1. The first-order chi connectivity index (χ1) is 22.5. The largest absolute Gasteiger partial charge is 0.497 e.